The van der Waals surface area contributed by atoms with Crippen LogP contribution in [0.3, 0.4) is 0 Å². The summed E-state index contributed by atoms with van der Waals surface area (Å²) in [5, 5.41) is 2.41. The molecule has 0 fully saturated rings. The number of nitrogens with zero attached hydrogens (tertiary/aromatic N) is 2. The van der Waals surface area contributed by atoms with Crippen molar-refractivity contribution in [1.29, 1.82) is 0 Å². The molecular weight excluding hydrogens is 392 g/mol. The van der Waals surface area contributed by atoms with E-state index in [1.807, 2.05) is 42.5 Å². The number of thiazole rings is 1. The van der Waals surface area contributed by atoms with Crippen LogP contribution in [0, 0.1) is 0 Å². The van der Waals surface area contributed by atoms with Crippen LogP contribution in [0.25, 0.3) is 21.7 Å². The molecule has 0 N–H and O–H groups in total. The number of carbonyl (C=O) groups is 1. The lowest BCUT2D eigenvalue weighted by molar-refractivity contribution is 0.0490. The molecule has 0 aliphatic carbocycles. The van der Waals surface area contributed by atoms with Crippen LogP contribution in [0.4, 0.5) is 0 Å². The molecule has 7 nitrogen and oxygen atoms in total. The number of esters is 1. The third-order valence-corrected chi connectivity index (χ3v) is 5.27. The smallest absolute Gasteiger partial charge is 0.419 e. The van der Waals surface area contributed by atoms with Gasteiger partial charge in [-0.15, -0.1) is 11.3 Å². The highest BCUT2D eigenvalue weighted by atomic mass is 32.1. The zero-order valence-corrected chi connectivity index (χ0v) is 16.5. The molecule has 2 aromatic heterocycles. The van der Waals surface area contributed by atoms with Gasteiger partial charge in [0.15, 0.2) is 11.3 Å². The van der Waals surface area contributed by atoms with Crippen molar-refractivity contribution in [2.75, 3.05) is 13.7 Å². The molecule has 2 heterocycles. The van der Waals surface area contributed by atoms with Gasteiger partial charge in [-0.25, -0.2) is 14.6 Å². The number of aromatic nitrogens is 2. The van der Waals surface area contributed by atoms with Crippen LogP contribution in [0.15, 0.2) is 63.1 Å². The van der Waals surface area contributed by atoms with Gasteiger partial charge in [-0.1, -0.05) is 12.1 Å². The van der Waals surface area contributed by atoms with Crippen LogP contribution in [0.1, 0.15) is 16.9 Å². The average Bonchev–Trinajstić information content (AvgIpc) is 3.36. The molecular formula is C21H18N2O5S. The van der Waals surface area contributed by atoms with Crippen molar-refractivity contribution in [2.45, 2.75) is 13.0 Å². The Morgan fingerprint density at radius 2 is 1.97 bits per heavy atom. The third-order valence-electron chi connectivity index (χ3n) is 4.38. The highest BCUT2D eigenvalue weighted by Gasteiger charge is 2.14. The Hall–Kier alpha value is -3.39. The Morgan fingerprint density at radius 3 is 2.76 bits per heavy atom. The second kappa shape index (κ2) is 8.32. The molecule has 0 amide bonds. The van der Waals surface area contributed by atoms with Crippen molar-refractivity contribution < 1.29 is 18.7 Å². The molecule has 29 heavy (non-hydrogen) atoms. The van der Waals surface area contributed by atoms with E-state index in [4.69, 9.17) is 13.9 Å². The van der Waals surface area contributed by atoms with E-state index in [1.165, 1.54) is 15.9 Å². The van der Waals surface area contributed by atoms with Crippen LogP contribution in [0.2, 0.25) is 0 Å². The van der Waals surface area contributed by atoms with Crippen LogP contribution < -0.4 is 10.5 Å². The second-order valence-corrected chi connectivity index (χ2v) is 7.10. The van der Waals surface area contributed by atoms with Crippen molar-refractivity contribution in [1.82, 2.24) is 9.55 Å². The van der Waals surface area contributed by atoms with Gasteiger partial charge in [0.2, 0.25) is 0 Å². The number of aryl methyl sites for hydroxylation is 1. The van der Waals surface area contributed by atoms with Crippen LogP contribution in [-0.2, 0) is 11.3 Å². The summed E-state index contributed by atoms with van der Waals surface area (Å²) in [7, 11) is 1.61. The van der Waals surface area contributed by atoms with E-state index < -0.39 is 11.7 Å². The molecule has 0 radical (unpaired) electrons. The Bertz CT molecular complexity index is 1190. The predicted octanol–water partition coefficient (Wildman–Crippen LogP) is 3.97. The third kappa shape index (κ3) is 4.07. The predicted molar refractivity (Wildman–Crippen MR) is 109 cm³/mol. The summed E-state index contributed by atoms with van der Waals surface area (Å²) in [5.74, 6) is -0.138. The van der Waals surface area contributed by atoms with Gasteiger partial charge in [-0.3, -0.25) is 4.57 Å². The maximum atomic E-state index is 12.2. The van der Waals surface area contributed by atoms with Crippen molar-refractivity contribution in [3.63, 3.8) is 0 Å². The molecule has 2 aromatic carbocycles. The number of benzene rings is 2. The van der Waals surface area contributed by atoms with E-state index in [0.29, 0.717) is 18.5 Å². The Morgan fingerprint density at radius 1 is 1.17 bits per heavy atom. The Balaban J connectivity index is 1.33. The lowest BCUT2D eigenvalue weighted by Gasteiger charge is -2.04. The van der Waals surface area contributed by atoms with Gasteiger partial charge in [0.1, 0.15) is 10.8 Å². The first-order valence-electron chi connectivity index (χ1n) is 9.01. The van der Waals surface area contributed by atoms with E-state index in [1.54, 1.807) is 18.6 Å². The van der Waals surface area contributed by atoms with Gasteiger partial charge in [-0.05, 0) is 42.8 Å². The van der Waals surface area contributed by atoms with E-state index >= 15 is 0 Å². The minimum atomic E-state index is -0.481. The number of rotatable bonds is 7. The maximum Gasteiger partial charge on any atom is 0.419 e. The van der Waals surface area contributed by atoms with Crippen molar-refractivity contribution >= 4 is 28.4 Å². The first kappa shape index (κ1) is 18.9. The van der Waals surface area contributed by atoms with Crippen molar-refractivity contribution in [3.8, 4) is 16.3 Å². The fourth-order valence-electron chi connectivity index (χ4n) is 2.92. The van der Waals surface area contributed by atoms with Gasteiger partial charge in [0.05, 0.1) is 19.2 Å². The lowest BCUT2D eigenvalue weighted by atomic mass is 10.2. The number of fused-ring (bicyclic) bond motifs is 1. The van der Waals surface area contributed by atoms with Crippen LogP contribution in [-0.4, -0.2) is 29.2 Å². The van der Waals surface area contributed by atoms with E-state index in [0.717, 1.165) is 21.8 Å². The molecule has 0 unspecified atom stereocenters. The molecule has 0 aliphatic heterocycles. The molecule has 4 aromatic rings. The molecule has 0 aliphatic rings. The minimum absolute atomic E-state index is 0.181. The quantitative estimate of drug-likeness (QED) is 0.339. The number of oxazole rings is 1. The standard InChI is InChI=1S/C21H18N2O5S/c1-26-15-9-7-14(8-10-15)19-22-16(13-29-19)20(24)27-12-4-11-23-17-5-2-3-6-18(17)28-21(23)25/h2-3,5-10,13H,4,11-12H2,1H3. The summed E-state index contributed by atoms with van der Waals surface area (Å²) in [4.78, 5) is 28.5. The highest BCUT2D eigenvalue weighted by molar-refractivity contribution is 7.13. The zero-order valence-electron chi connectivity index (χ0n) is 15.7. The molecule has 4 rings (SSSR count). The topological polar surface area (TPSA) is 83.6 Å². The van der Waals surface area contributed by atoms with Crippen LogP contribution >= 0.6 is 11.3 Å². The number of hydrogen-bond donors (Lipinski definition) is 0. The SMILES string of the molecule is COc1ccc(-c2nc(C(=O)OCCCn3c(=O)oc4ccccc43)cs2)cc1. The van der Waals surface area contributed by atoms with E-state index in [9.17, 15) is 9.59 Å². The number of ether oxygens (including phenoxy) is 2. The van der Waals surface area contributed by atoms with Gasteiger partial charge >= 0.3 is 11.7 Å². The number of para-hydroxylation sites is 2. The summed E-state index contributed by atoms with van der Waals surface area (Å²) in [5.41, 5.74) is 2.45. The molecule has 8 heteroatoms. The van der Waals surface area contributed by atoms with Gasteiger partial charge in [-0.2, -0.15) is 0 Å². The number of carbonyl (C=O) groups excluding carboxylic acids is 1. The van der Waals surface area contributed by atoms with E-state index in [-0.39, 0.29) is 12.3 Å². The van der Waals surface area contributed by atoms with Gasteiger partial charge < -0.3 is 13.9 Å². The Labute approximate surface area is 170 Å². The van der Waals surface area contributed by atoms with Gasteiger partial charge in [0.25, 0.3) is 0 Å². The fraction of sp³-hybridized carbons (Fsp3) is 0.190. The summed E-state index contributed by atoms with van der Waals surface area (Å²) < 4.78 is 17.2. The Kier molecular flexibility index (Phi) is 5.44. The number of hydrogen-bond acceptors (Lipinski definition) is 7. The van der Waals surface area contributed by atoms with E-state index in [2.05, 4.69) is 4.98 Å². The minimum Gasteiger partial charge on any atom is -0.497 e. The lowest BCUT2D eigenvalue weighted by Crippen LogP contribution is -2.16. The molecule has 148 valence electrons. The zero-order chi connectivity index (χ0) is 20.2. The molecule has 0 bridgehead atoms. The van der Waals surface area contributed by atoms with Crippen molar-refractivity contribution in [2.24, 2.45) is 0 Å². The van der Waals surface area contributed by atoms with Gasteiger partial charge in [0, 0.05) is 17.5 Å². The summed E-state index contributed by atoms with van der Waals surface area (Å²) in [6, 6.07) is 14.7. The molecule has 0 saturated carbocycles. The monoisotopic (exact) mass is 410 g/mol. The van der Waals surface area contributed by atoms with Crippen LogP contribution in [0.5, 0.6) is 5.75 Å². The summed E-state index contributed by atoms with van der Waals surface area (Å²) in [6.45, 7) is 0.581. The first-order chi connectivity index (χ1) is 14.2. The number of methoxy groups -OCH3 is 1. The molecule has 0 saturated heterocycles. The largest absolute Gasteiger partial charge is 0.497 e. The highest BCUT2D eigenvalue weighted by Crippen LogP contribution is 2.26. The summed E-state index contributed by atoms with van der Waals surface area (Å²) >= 11 is 1.37. The normalized spacial score (nSPS) is 10.9. The van der Waals surface area contributed by atoms with Crippen molar-refractivity contribution in [3.05, 3.63) is 70.2 Å². The average molecular weight is 410 g/mol. The molecule has 0 atom stereocenters. The molecule has 0 spiro atoms. The second-order valence-electron chi connectivity index (χ2n) is 6.24. The maximum absolute atomic E-state index is 12.2. The first-order valence-corrected chi connectivity index (χ1v) is 9.89. The summed E-state index contributed by atoms with van der Waals surface area (Å²) in [6.07, 6.45) is 0.491. The fourth-order valence-corrected chi connectivity index (χ4v) is 3.72.